The van der Waals surface area contributed by atoms with Crippen LogP contribution in [0.25, 0.3) is 5.76 Å². The van der Waals surface area contributed by atoms with Gasteiger partial charge in [0.15, 0.2) is 0 Å². The van der Waals surface area contributed by atoms with Crippen molar-refractivity contribution in [3.63, 3.8) is 0 Å². The lowest BCUT2D eigenvalue weighted by Crippen LogP contribution is -2.32. The molecule has 1 atom stereocenters. The summed E-state index contributed by atoms with van der Waals surface area (Å²) in [6.45, 7) is 3.80. The van der Waals surface area contributed by atoms with Crippen LogP contribution in [0.4, 0.5) is 0 Å². The average Bonchev–Trinajstić information content (AvgIpc) is 2.63. The van der Waals surface area contributed by atoms with Crippen LogP contribution in [0.5, 0.6) is 0 Å². The maximum atomic E-state index is 6.41. The van der Waals surface area contributed by atoms with Gasteiger partial charge in [-0.3, -0.25) is 0 Å². The van der Waals surface area contributed by atoms with Gasteiger partial charge in [-0.2, -0.15) is 0 Å². The van der Waals surface area contributed by atoms with Crippen LogP contribution in [-0.4, -0.2) is 23.9 Å². The number of alkyl halides is 2. The van der Waals surface area contributed by atoms with Crippen LogP contribution < -0.4 is 0 Å². The molecule has 2 nitrogen and oxygen atoms in total. The van der Waals surface area contributed by atoms with Crippen LogP contribution in [0.1, 0.15) is 56.6 Å². The fraction of sp³-hybridized carbons (Fsp3) is 0.600. The summed E-state index contributed by atoms with van der Waals surface area (Å²) in [5.74, 6) is 1.02. The number of hydrogen-bond donors (Lipinski definition) is 0. The second-order valence-electron chi connectivity index (χ2n) is 6.16. The topological polar surface area (TPSA) is 18.5 Å². The van der Waals surface area contributed by atoms with Crippen molar-refractivity contribution < 1.29 is 9.47 Å². The first-order chi connectivity index (χ1) is 11.8. The van der Waals surface area contributed by atoms with Gasteiger partial charge in [0.05, 0.1) is 12.2 Å². The number of fused-ring (bicyclic) bond motifs is 1. The van der Waals surface area contributed by atoms with E-state index in [-0.39, 0.29) is 5.60 Å². The minimum atomic E-state index is -0.203. The Kier molecular flexibility index (Phi) is 8.85. The molecule has 24 heavy (non-hydrogen) atoms. The Balaban J connectivity index is 2.12. The zero-order chi connectivity index (χ0) is 17.3. The van der Waals surface area contributed by atoms with Gasteiger partial charge in [-0.15, -0.1) is 0 Å². The summed E-state index contributed by atoms with van der Waals surface area (Å²) in [6.07, 6.45) is 8.56. The van der Waals surface area contributed by atoms with Gasteiger partial charge in [0.2, 0.25) is 0 Å². The van der Waals surface area contributed by atoms with Gasteiger partial charge in [0.25, 0.3) is 0 Å². The van der Waals surface area contributed by atoms with Crippen molar-refractivity contribution >= 4 is 37.6 Å². The molecule has 0 saturated carbocycles. The van der Waals surface area contributed by atoms with E-state index >= 15 is 0 Å². The summed E-state index contributed by atoms with van der Waals surface area (Å²) in [6, 6.07) is 8.57. The highest BCUT2D eigenvalue weighted by atomic mass is 79.9. The molecule has 1 aliphatic carbocycles. The summed E-state index contributed by atoms with van der Waals surface area (Å²) >= 11 is 6.96. The molecule has 0 spiro atoms. The molecule has 0 aliphatic heterocycles. The van der Waals surface area contributed by atoms with Crippen molar-refractivity contribution in [1.82, 2.24) is 0 Å². The molecule has 134 valence electrons. The van der Waals surface area contributed by atoms with Gasteiger partial charge in [-0.25, -0.2) is 0 Å². The lowest BCUT2D eigenvalue weighted by atomic mass is 9.80. The van der Waals surface area contributed by atoms with Crippen LogP contribution >= 0.6 is 31.9 Å². The second-order valence-corrected chi connectivity index (χ2v) is 7.74. The summed E-state index contributed by atoms with van der Waals surface area (Å²) in [5.41, 5.74) is 2.28. The van der Waals surface area contributed by atoms with Crippen molar-refractivity contribution in [3.8, 4) is 0 Å². The fourth-order valence-electron chi connectivity index (χ4n) is 3.13. The Morgan fingerprint density at radius 3 is 2.42 bits per heavy atom. The van der Waals surface area contributed by atoms with Crippen molar-refractivity contribution in [2.45, 2.75) is 51.0 Å². The summed E-state index contributed by atoms with van der Waals surface area (Å²) < 4.78 is 12.5. The average molecular weight is 460 g/mol. The molecule has 0 fully saturated rings. The van der Waals surface area contributed by atoms with Crippen LogP contribution in [0.2, 0.25) is 0 Å². The Bertz CT molecular complexity index is 530. The number of ether oxygens (including phenoxy) is 2. The molecule has 0 saturated heterocycles. The van der Waals surface area contributed by atoms with Gasteiger partial charge >= 0.3 is 0 Å². The SMILES string of the molecule is CCC1(OCCCCBr)CC=C(OCCCCBr)c2ccccc21. The molecule has 1 aromatic rings. The second kappa shape index (κ2) is 10.6. The van der Waals surface area contributed by atoms with Crippen LogP contribution in [-0.2, 0) is 15.1 Å². The van der Waals surface area contributed by atoms with E-state index in [0.717, 1.165) is 68.2 Å². The van der Waals surface area contributed by atoms with Gasteiger partial charge in [0, 0.05) is 29.3 Å². The molecule has 1 unspecified atom stereocenters. The van der Waals surface area contributed by atoms with Gasteiger partial charge < -0.3 is 9.47 Å². The maximum absolute atomic E-state index is 6.41. The third-order valence-electron chi connectivity index (χ3n) is 4.56. The Hall–Kier alpha value is -0.320. The molecule has 4 heteroatoms. The predicted molar refractivity (Wildman–Crippen MR) is 109 cm³/mol. The maximum Gasteiger partial charge on any atom is 0.123 e. The number of hydrogen-bond acceptors (Lipinski definition) is 2. The standard InChI is InChI=1S/C20H28Br2O2/c1-2-20(24-16-8-6-14-22)12-11-19(23-15-7-5-13-21)17-9-3-4-10-18(17)20/h3-4,9-11H,2,5-8,12-16H2,1H3. The number of halogens is 2. The number of unbranched alkanes of at least 4 members (excludes halogenated alkanes) is 2. The van der Waals surface area contributed by atoms with E-state index in [1.807, 2.05) is 0 Å². The van der Waals surface area contributed by atoms with E-state index in [1.54, 1.807) is 0 Å². The minimum Gasteiger partial charge on any atom is -0.493 e. The fourth-order valence-corrected chi connectivity index (χ4v) is 3.92. The quantitative estimate of drug-likeness (QED) is 0.280. The Morgan fingerprint density at radius 1 is 1.00 bits per heavy atom. The molecule has 1 aliphatic rings. The monoisotopic (exact) mass is 458 g/mol. The molecular formula is C20H28Br2O2. The summed E-state index contributed by atoms with van der Waals surface area (Å²) in [5, 5.41) is 2.07. The third kappa shape index (κ3) is 5.09. The predicted octanol–water partition coefficient (Wildman–Crippen LogP) is 6.42. The molecule has 0 heterocycles. The van der Waals surface area contributed by atoms with Crippen LogP contribution in [0.3, 0.4) is 0 Å². The molecular weight excluding hydrogens is 432 g/mol. The summed E-state index contributed by atoms with van der Waals surface area (Å²) in [4.78, 5) is 0. The van der Waals surface area contributed by atoms with E-state index in [0.29, 0.717) is 0 Å². The van der Waals surface area contributed by atoms with E-state index < -0.39 is 0 Å². The number of rotatable bonds is 11. The van der Waals surface area contributed by atoms with Gasteiger partial charge in [0.1, 0.15) is 5.76 Å². The molecule has 0 bridgehead atoms. The van der Waals surface area contributed by atoms with Crippen LogP contribution in [0, 0.1) is 0 Å². The van der Waals surface area contributed by atoms with Crippen molar-refractivity contribution in [1.29, 1.82) is 0 Å². The molecule has 2 rings (SSSR count). The van der Waals surface area contributed by atoms with Crippen molar-refractivity contribution in [2.75, 3.05) is 23.9 Å². The number of benzene rings is 1. The lowest BCUT2D eigenvalue weighted by molar-refractivity contribution is -0.0548. The van der Waals surface area contributed by atoms with Gasteiger partial charge in [-0.1, -0.05) is 63.0 Å². The first-order valence-corrected chi connectivity index (χ1v) is 11.2. The third-order valence-corrected chi connectivity index (χ3v) is 5.69. The first-order valence-electron chi connectivity index (χ1n) is 8.96. The molecule has 0 amide bonds. The smallest absolute Gasteiger partial charge is 0.123 e. The molecule has 0 radical (unpaired) electrons. The van der Waals surface area contributed by atoms with Crippen molar-refractivity contribution in [3.05, 3.63) is 41.5 Å². The lowest BCUT2D eigenvalue weighted by Gasteiger charge is -2.37. The Labute approximate surface area is 163 Å². The van der Waals surface area contributed by atoms with Gasteiger partial charge in [-0.05, 0) is 43.7 Å². The van der Waals surface area contributed by atoms with Crippen LogP contribution in [0.15, 0.2) is 30.3 Å². The summed E-state index contributed by atoms with van der Waals surface area (Å²) in [7, 11) is 0. The zero-order valence-corrected chi connectivity index (χ0v) is 17.7. The van der Waals surface area contributed by atoms with E-state index in [4.69, 9.17) is 9.47 Å². The molecule has 1 aromatic carbocycles. The Morgan fingerprint density at radius 2 is 1.71 bits per heavy atom. The first kappa shape index (κ1) is 20.0. The molecule has 0 N–H and O–H groups in total. The minimum absolute atomic E-state index is 0.203. The van der Waals surface area contributed by atoms with E-state index in [9.17, 15) is 0 Å². The van der Waals surface area contributed by atoms with E-state index in [1.165, 1.54) is 11.1 Å². The van der Waals surface area contributed by atoms with E-state index in [2.05, 4.69) is 69.1 Å². The highest BCUT2D eigenvalue weighted by molar-refractivity contribution is 9.09. The normalized spacial score (nSPS) is 19.7. The molecule has 0 aromatic heterocycles. The highest BCUT2D eigenvalue weighted by Crippen LogP contribution is 2.43. The largest absolute Gasteiger partial charge is 0.493 e. The zero-order valence-electron chi connectivity index (χ0n) is 14.5. The van der Waals surface area contributed by atoms with Crippen molar-refractivity contribution in [2.24, 2.45) is 0 Å². The highest BCUT2D eigenvalue weighted by Gasteiger charge is 2.36.